The molecule has 0 bridgehead atoms. The third-order valence-electron chi connectivity index (χ3n) is 1.93. The number of hydrogen-bond donors (Lipinski definition) is 2. The van der Waals surface area contributed by atoms with Crippen molar-refractivity contribution in [3.63, 3.8) is 0 Å². The fourth-order valence-corrected chi connectivity index (χ4v) is 1.20. The summed E-state index contributed by atoms with van der Waals surface area (Å²) in [5.74, 6) is 0. The molecule has 2 N–H and O–H groups in total. The van der Waals surface area contributed by atoms with Crippen LogP contribution in [-0.2, 0) is 13.0 Å². The first-order valence-corrected chi connectivity index (χ1v) is 4.21. The minimum Gasteiger partial charge on any atom is -0.392 e. The minimum atomic E-state index is 0.114. The van der Waals surface area contributed by atoms with Crippen molar-refractivity contribution >= 4 is 5.69 Å². The summed E-state index contributed by atoms with van der Waals surface area (Å²) in [4.78, 5) is 0. The van der Waals surface area contributed by atoms with E-state index < -0.39 is 0 Å². The molecule has 0 aliphatic heterocycles. The van der Waals surface area contributed by atoms with Gasteiger partial charge >= 0.3 is 0 Å². The highest BCUT2D eigenvalue weighted by atomic mass is 16.3. The molecule has 0 aliphatic carbocycles. The Hall–Kier alpha value is -1.02. The van der Waals surface area contributed by atoms with Crippen LogP contribution < -0.4 is 5.32 Å². The molecular weight excluding hydrogens is 150 g/mol. The molecule has 0 atom stereocenters. The van der Waals surface area contributed by atoms with Gasteiger partial charge in [0.05, 0.1) is 6.61 Å². The number of aliphatic hydroxyl groups excluding tert-OH is 1. The van der Waals surface area contributed by atoms with Gasteiger partial charge in [0.25, 0.3) is 0 Å². The Bertz CT molecular complexity index is 203. The van der Waals surface area contributed by atoms with Gasteiger partial charge in [-0.25, -0.2) is 0 Å². The Balaban J connectivity index is 3.01. The largest absolute Gasteiger partial charge is 0.392 e. The van der Waals surface area contributed by atoms with Gasteiger partial charge in [-0.3, -0.25) is 0 Å². The molecule has 0 heterocycles. The molecule has 0 unspecified atom stereocenters. The summed E-state index contributed by atoms with van der Waals surface area (Å²) in [6.45, 7) is 2.22. The molecule has 0 amide bonds. The zero-order valence-electron chi connectivity index (χ0n) is 7.59. The van der Waals surface area contributed by atoms with Gasteiger partial charge in [0.2, 0.25) is 0 Å². The van der Waals surface area contributed by atoms with Crippen molar-refractivity contribution in [1.29, 1.82) is 0 Å². The minimum absolute atomic E-state index is 0.114. The van der Waals surface area contributed by atoms with Gasteiger partial charge in [-0.1, -0.05) is 13.0 Å². The lowest BCUT2D eigenvalue weighted by molar-refractivity contribution is 0.282. The second-order valence-corrected chi connectivity index (χ2v) is 2.80. The molecular formula is C10H15NO. The number of rotatable bonds is 3. The van der Waals surface area contributed by atoms with Crippen LogP contribution in [0.2, 0.25) is 0 Å². The maximum Gasteiger partial charge on any atom is 0.0682 e. The lowest BCUT2D eigenvalue weighted by atomic mass is 10.1. The predicted octanol–water partition coefficient (Wildman–Crippen LogP) is 1.78. The van der Waals surface area contributed by atoms with Crippen LogP contribution in [0, 0.1) is 0 Å². The van der Waals surface area contributed by atoms with E-state index in [9.17, 15) is 0 Å². The van der Waals surface area contributed by atoms with Crippen molar-refractivity contribution in [2.75, 3.05) is 12.4 Å². The first kappa shape index (κ1) is 9.07. The van der Waals surface area contributed by atoms with E-state index in [0.717, 1.165) is 17.7 Å². The number of benzene rings is 1. The summed E-state index contributed by atoms with van der Waals surface area (Å²) in [7, 11) is 1.88. The van der Waals surface area contributed by atoms with E-state index in [0.29, 0.717) is 0 Å². The van der Waals surface area contributed by atoms with Gasteiger partial charge in [0.1, 0.15) is 0 Å². The number of aliphatic hydroxyl groups is 1. The topological polar surface area (TPSA) is 32.3 Å². The molecule has 66 valence electrons. The van der Waals surface area contributed by atoms with Gasteiger partial charge in [0.15, 0.2) is 0 Å². The van der Waals surface area contributed by atoms with Crippen molar-refractivity contribution in [3.8, 4) is 0 Å². The first-order valence-electron chi connectivity index (χ1n) is 4.21. The molecule has 0 saturated heterocycles. The molecule has 0 aromatic heterocycles. The molecule has 0 saturated carbocycles. The Kier molecular flexibility index (Phi) is 3.11. The Morgan fingerprint density at radius 1 is 1.25 bits per heavy atom. The lowest BCUT2D eigenvalue weighted by Crippen LogP contribution is -1.93. The number of aryl methyl sites for hydroxylation is 1. The van der Waals surface area contributed by atoms with Crippen molar-refractivity contribution in [1.82, 2.24) is 0 Å². The van der Waals surface area contributed by atoms with Crippen LogP contribution in [0.15, 0.2) is 18.2 Å². The molecule has 0 aliphatic rings. The van der Waals surface area contributed by atoms with Gasteiger partial charge in [0, 0.05) is 12.7 Å². The van der Waals surface area contributed by atoms with Crippen molar-refractivity contribution in [2.45, 2.75) is 20.0 Å². The first-order chi connectivity index (χ1) is 5.80. The Morgan fingerprint density at radius 3 is 2.42 bits per heavy atom. The molecule has 2 heteroatoms. The van der Waals surface area contributed by atoms with E-state index in [4.69, 9.17) is 5.11 Å². The van der Waals surface area contributed by atoms with E-state index in [-0.39, 0.29) is 6.61 Å². The van der Waals surface area contributed by atoms with Gasteiger partial charge in [-0.05, 0) is 29.7 Å². The monoisotopic (exact) mass is 165 g/mol. The van der Waals surface area contributed by atoms with Crippen LogP contribution in [0.4, 0.5) is 5.69 Å². The summed E-state index contributed by atoms with van der Waals surface area (Å²) in [6, 6.07) is 6.08. The van der Waals surface area contributed by atoms with E-state index in [2.05, 4.69) is 18.3 Å². The van der Waals surface area contributed by atoms with Crippen LogP contribution in [0.1, 0.15) is 18.1 Å². The fraction of sp³-hybridized carbons (Fsp3) is 0.400. The smallest absolute Gasteiger partial charge is 0.0682 e. The zero-order valence-corrected chi connectivity index (χ0v) is 7.59. The molecule has 1 aromatic rings. The molecule has 2 nitrogen and oxygen atoms in total. The highest BCUT2D eigenvalue weighted by Gasteiger charge is 1.96. The maximum atomic E-state index is 8.95. The van der Waals surface area contributed by atoms with Crippen molar-refractivity contribution < 1.29 is 5.11 Å². The summed E-state index contributed by atoms with van der Waals surface area (Å²) >= 11 is 0. The van der Waals surface area contributed by atoms with E-state index in [1.165, 1.54) is 5.56 Å². The SMILES string of the molecule is CCc1cc(CO)cc(NC)c1. The van der Waals surface area contributed by atoms with Gasteiger partial charge in [-0.2, -0.15) is 0 Å². The van der Waals surface area contributed by atoms with E-state index in [1.807, 2.05) is 19.2 Å². The Labute approximate surface area is 73.2 Å². The highest BCUT2D eigenvalue weighted by Crippen LogP contribution is 2.14. The maximum absolute atomic E-state index is 8.95. The van der Waals surface area contributed by atoms with Crippen LogP contribution in [0.25, 0.3) is 0 Å². The summed E-state index contributed by atoms with van der Waals surface area (Å²) < 4.78 is 0. The zero-order chi connectivity index (χ0) is 8.97. The third-order valence-corrected chi connectivity index (χ3v) is 1.93. The van der Waals surface area contributed by atoms with Gasteiger partial charge in [-0.15, -0.1) is 0 Å². The molecule has 0 fully saturated rings. The molecule has 1 aromatic carbocycles. The summed E-state index contributed by atoms with van der Waals surface area (Å²) in [5, 5.41) is 12.0. The summed E-state index contributed by atoms with van der Waals surface area (Å²) in [6.07, 6.45) is 1.00. The predicted molar refractivity (Wildman–Crippen MR) is 51.3 cm³/mol. The Morgan fingerprint density at radius 2 is 1.92 bits per heavy atom. The fourth-order valence-electron chi connectivity index (χ4n) is 1.20. The standard InChI is InChI=1S/C10H15NO/c1-3-8-4-9(7-12)6-10(5-8)11-2/h4-6,11-12H,3,7H2,1-2H3. The lowest BCUT2D eigenvalue weighted by Gasteiger charge is -2.06. The average molecular weight is 165 g/mol. The van der Waals surface area contributed by atoms with Crippen LogP contribution >= 0.6 is 0 Å². The third kappa shape index (κ3) is 1.98. The normalized spacial score (nSPS) is 9.92. The number of hydrogen-bond acceptors (Lipinski definition) is 2. The van der Waals surface area contributed by atoms with E-state index in [1.54, 1.807) is 0 Å². The molecule has 1 rings (SSSR count). The van der Waals surface area contributed by atoms with Crippen LogP contribution in [-0.4, -0.2) is 12.2 Å². The quantitative estimate of drug-likeness (QED) is 0.715. The second-order valence-electron chi connectivity index (χ2n) is 2.80. The van der Waals surface area contributed by atoms with Crippen LogP contribution in [0.5, 0.6) is 0 Å². The molecule has 0 spiro atoms. The average Bonchev–Trinajstić information content (AvgIpc) is 2.16. The molecule has 12 heavy (non-hydrogen) atoms. The van der Waals surface area contributed by atoms with Crippen molar-refractivity contribution in [3.05, 3.63) is 29.3 Å². The summed E-state index contributed by atoms with van der Waals surface area (Å²) in [5.41, 5.74) is 3.29. The number of nitrogens with one attached hydrogen (secondary N) is 1. The highest BCUT2D eigenvalue weighted by molar-refractivity contribution is 5.48. The van der Waals surface area contributed by atoms with E-state index >= 15 is 0 Å². The van der Waals surface area contributed by atoms with Crippen molar-refractivity contribution in [2.24, 2.45) is 0 Å². The van der Waals surface area contributed by atoms with Gasteiger partial charge < -0.3 is 10.4 Å². The second kappa shape index (κ2) is 4.12. The molecule has 0 radical (unpaired) electrons. The number of anilines is 1. The van der Waals surface area contributed by atoms with Crippen LogP contribution in [0.3, 0.4) is 0 Å².